The minimum atomic E-state index is 0.0176. The molecule has 0 saturated heterocycles. The van der Waals surface area contributed by atoms with Gasteiger partial charge >= 0.3 is 0 Å². The SMILES string of the molecule is CCC1CCC(Oc2ccc3c(c2)OCC3N)CC1. The molecule has 2 N–H and O–H groups in total. The van der Waals surface area contributed by atoms with Crippen molar-refractivity contribution in [2.75, 3.05) is 6.61 Å². The van der Waals surface area contributed by atoms with Crippen LogP contribution >= 0.6 is 0 Å². The van der Waals surface area contributed by atoms with E-state index in [4.69, 9.17) is 15.2 Å². The largest absolute Gasteiger partial charge is 0.491 e. The van der Waals surface area contributed by atoms with Crippen molar-refractivity contribution < 1.29 is 9.47 Å². The second-order valence-corrected chi connectivity index (χ2v) is 5.79. The first-order valence-corrected chi connectivity index (χ1v) is 7.45. The molecule has 1 aromatic carbocycles. The molecule has 19 heavy (non-hydrogen) atoms. The van der Waals surface area contributed by atoms with Gasteiger partial charge in [0.2, 0.25) is 0 Å². The molecule has 0 radical (unpaired) electrons. The Morgan fingerprint density at radius 3 is 2.79 bits per heavy atom. The Morgan fingerprint density at radius 1 is 1.26 bits per heavy atom. The Balaban J connectivity index is 1.62. The van der Waals surface area contributed by atoms with Crippen molar-refractivity contribution in [3.05, 3.63) is 23.8 Å². The lowest BCUT2D eigenvalue weighted by molar-refractivity contribution is 0.129. The van der Waals surface area contributed by atoms with E-state index in [1.54, 1.807) is 0 Å². The Labute approximate surface area is 115 Å². The van der Waals surface area contributed by atoms with Gasteiger partial charge in [-0.3, -0.25) is 0 Å². The second kappa shape index (κ2) is 5.41. The van der Waals surface area contributed by atoms with Crippen LogP contribution in [0.25, 0.3) is 0 Å². The van der Waals surface area contributed by atoms with E-state index < -0.39 is 0 Å². The summed E-state index contributed by atoms with van der Waals surface area (Å²) in [6, 6.07) is 6.08. The highest BCUT2D eigenvalue weighted by molar-refractivity contribution is 5.44. The molecule has 2 aliphatic rings. The highest BCUT2D eigenvalue weighted by Crippen LogP contribution is 2.35. The van der Waals surface area contributed by atoms with Crippen molar-refractivity contribution in [3.63, 3.8) is 0 Å². The van der Waals surface area contributed by atoms with Crippen LogP contribution in [0.3, 0.4) is 0 Å². The van der Waals surface area contributed by atoms with Crippen molar-refractivity contribution >= 4 is 0 Å². The summed E-state index contributed by atoms with van der Waals surface area (Å²) in [6.07, 6.45) is 6.63. The van der Waals surface area contributed by atoms with Crippen molar-refractivity contribution in [3.8, 4) is 11.5 Å². The number of nitrogens with two attached hydrogens (primary N) is 1. The molecule has 3 rings (SSSR count). The lowest BCUT2D eigenvalue weighted by Gasteiger charge is -2.28. The van der Waals surface area contributed by atoms with Crippen molar-refractivity contribution in [2.45, 2.75) is 51.2 Å². The van der Waals surface area contributed by atoms with Gasteiger partial charge in [0, 0.05) is 11.6 Å². The molecule has 1 fully saturated rings. The highest BCUT2D eigenvalue weighted by atomic mass is 16.5. The lowest BCUT2D eigenvalue weighted by Crippen LogP contribution is -2.23. The summed E-state index contributed by atoms with van der Waals surface area (Å²) in [5.41, 5.74) is 7.04. The molecular formula is C16H23NO2. The first kappa shape index (κ1) is 12.8. The second-order valence-electron chi connectivity index (χ2n) is 5.79. The van der Waals surface area contributed by atoms with Crippen LogP contribution in [0.5, 0.6) is 11.5 Å². The predicted molar refractivity (Wildman–Crippen MR) is 75.5 cm³/mol. The van der Waals surface area contributed by atoms with E-state index in [0.717, 1.165) is 23.0 Å². The summed E-state index contributed by atoms with van der Waals surface area (Å²) in [7, 11) is 0. The highest BCUT2D eigenvalue weighted by Gasteiger charge is 2.23. The van der Waals surface area contributed by atoms with Crippen LogP contribution in [0.2, 0.25) is 0 Å². The monoisotopic (exact) mass is 261 g/mol. The number of ether oxygens (including phenoxy) is 2. The first-order chi connectivity index (χ1) is 9.26. The van der Waals surface area contributed by atoms with Gasteiger partial charge in [0.25, 0.3) is 0 Å². The van der Waals surface area contributed by atoms with Crippen LogP contribution in [-0.4, -0.2) is 12.7 Å². The molecule has 3 heteroatoms. The Kier molecular flexibility index (Phi) is 3.65. The summed E-state index contributed by atoms with van der Waals surface area (Å²) in [4.78, 5) is 0. The third-order valence-electron chi connectivity index (χ3n) is 4.48. The molecule has 1 atom stereocenters. The van der Waals surface area contributed by atoms with Gasteiger partial charge in [-0.1, -0.05) is 13.3 Å². The van der Waals surface area contributed by atoms with Crippen LogP contribution in [0.15, 0.2) is 18.2 Å². The molecule has 1 heterocycles. The summed E-state index contributed by atoms with van der Waals surface area (Å²) >= 11 is 0. The van der Waals surface area contributed by atoms with E-state index in [-0.39, 0.29) is 6.04 Å². The number of benzene rings is 1. The summed E-state index contributed by atoms with van der Waals surface area (Å²) in [5, 5.41) is 0. The Hall–Kier alpha value is -1.22. The lowest BCUT2D eigenvalue weighted by atomic mass is 9.86. The summed E-state index contributed by atoms with van der Waals surface area (Å²) in [6.45, 7) is 2.87. The topological polar surface area (TPSA) is 44.5 Å². The number of hydrogen-bond donors (Lipinski definition) is 1. The van der Waals surface area contributed by atoms with Crippen LogP contribution in [0, 0.1) is 5.92 Å². The molecule has 1 aliphatic heterocycles. The molecule has 104 valence electrons. The van der Waals surface area contributed by atoms with Crippen molar-refractivity contribution in [1.29, 1.82) is 0 Å². The molecule has 0 aromatic heterocycles. The maximum absolute atomic E-state index is 6.09. The number of rotatable bonds is 3. The Morgan fingerprint density at radius 2 is 2.05 bits per heavy atom. The molecule has 0 amide bonds. The maximum Gasteiger partial charge on any atom is 0.127 e. The first-order valence-electron chi connectivity index (χ1n) is 7.45. The van der Waals surface area contributed by atoms with Gasteiger partial charge in [-0.25, -0.2) is 0 Å². The molecule has 1 aromatic rings. The summed E-state index contributed by atoms with van der Waals surface area (Å²) in [5.74, 6) is 2.72. The smallest absolute Gasteiger partial charge is 0.127 e. The van der Waals surface area contributed by atoms with Crippen LogP contribution in [-0.2, 0) is 0 Å². The van der Waals surface area contributed by atoms with E-state index in [9.17, 15) is 0 Å². The van der Waals surface area contributed by atoms with Crippen LogP contribution in [0.1, 0.15) is 50.6 Å². The molecular weight excluding hydrogens is 238 g/mol. The number of fused-ring (bicyclic) bond motifs is 1. The zero-order chi connectivity index (χ0) is 13.2. The predicted octanol–water partition coefficient (Wildman–Crippen LogP) is 3.43. The quantitative estimate of drug-likeness (QED) is 0.906. The van der Waals surface area contributed by atoms with E-state index in [2.05, 4.69) is 6.92 Å². The minimum Gasteiger partial charge on any atom is -0.491 e. The zero-order valence-corrected chi connectivity index (χ0v) is 11.6. The zero-order valence-electron chi connectivity index (χ0n) is 11.6. The van der Waals surface area contributed by atoms with Crippen LogP contribution < -0.4 is 15.2 Å². The molecule has 1 aliphatic carbocycles. The van der Waals surface area contributed by atoms with Gasteiger partial charge in [0.15, 0.2) is 0 Å². The minimum absolute atomic E-state index is 0.0176. The molecule has 1 saturated carbocycles. The van der Waals surface area contributed by atoms with Crippen molar-refractivity contribution in [1.82, 2.24) is 0 Å². The maximum atomic E-state index is 6.09. The average Bonchev–Trinajstić information content (AvgIpc) is 2.81. The van der Waals surface area contributed by atoms with E-state index in [0.29, 0.717) is 12.7 Å². The fourth-order valence-electron chi connectivity index (χ4n) is 3.14. The fourth-order valence-corrected chi connectivity index (χ4v) is 3.14. The molecule has 1 unspecified atom stereocenters. The van der Waals surface area contributed by atoms with Gasteiger partial charge in [-0.2, -0.15) is 0 Å². The molecule has 3 nitrogen and oxygen atoms in total. The fraction of sp³-hybridized carbons (Fsp3) is 0.625. The van der Waals surface area contributed by atoms with Crippen LogP contribution in [0.4, 0.5) is 0 Å². The number of hydrogen-bond acceptors (Lipinski definition) is 3. The van der Waals surface area contributed by atoms with Crippen molar-refractivity contribution in [2.24, 2.45) is 11.7 Å². The van der Waals surface area contributed by atoms with E-state index in [1.165, 1.54) is 32.1 Å². The standard InChI is InChI=1S/C16H23NO2/c1-2-11-3-5-12(6-4-11)19-13-7-8-14-15(17)10-18-16(14)9-13/h7-9,11-12,15H,2-6,10,17H2,1H3. The Bertz CT molecular complexity index is 438. The van der Waals surface area contributed by atoms with Gasteiger partial charge in [0.1, 0.15) is 18.1 Å². The summed E-state index contributed by atoms with van der Waals surface area (Å²) < 4.78 is 11.7. The van der Waals surface area contributed by atoms with E-state index in [1.807, 2.05) is 18.2 Å². The van der Waals surface area contributed by atoms with Gasteiger partial charge in [-0.15, -0.1) is 0 Å². The van der Waals surface area contributed by atoms with E-state index >= 15 is 0 Å². The molecule has 0 bridgehead atoms. The van der Waals surface area contributed by atoms with Gasteiger partial charge in [0.05, 0.1) is 12.1 Å². The third kappa shape index (κ3) is 2.71. The normalized spacial score (nSPS) is 29.7. The average molecular weight is 261 g/mol. The van der Waals surface area contributed by atoms with Gasteiger partial charge < -0.3 is 15.2 Å². The molecule has 0 spiro atoms. The third-order valence-corrected chi connectivity index (χ3v) is 4.48. The van der Waals surface area contributed by atoms with Gasteiger partial charge in [-0.05, 0) is 43.7 Å².